The standard InChI is InChI=1S/3C9H22Si.H3O4P/c3*1-7(2)10(8(3)4)9(5)6;1-5(2,3)4/h3*7-10H,1-6H3;(H3,1,2,3,4). The van der Waals surface area contributed by atoms with Crippen LogP contribution in [0.1, 0.15) is 125 Å². The Labute approximate surface area is 227 Å². The summed E-state index contributed by atoms with van der Waals surface area (Å²) in [5.74, 6) is 0. The summed E-state index contributed by atoms with van der Waals surface area (Å²) in [4.78, 5) is 21.6. The van der Waals surface area contributed by atoms with Crippen molar-refractivity contribution in [2.45, 2.75) is 174 Å². The van der Waals surface area contributed by atoms with Gasteiger partial charge in [-0.1, -0.05) is 174 Å². The van der Waals surface area contributed by atoms with E-state index in [4.69, 9.17) is 19.2 Å². The van der Waals surface area contributed by atoms with Gasteiger partial charge >= 0.3 is 7.82 Å². The van der Waals surface area contributed by atoms with Crippen LogP contribution in [0.5, 0.6) is 0 Å². The molecule has 0 heterocycles. The molecule has 0 rings (SSSR count). The molecule has 0 aromatic carbocycles. The van der Waals surface area contributed by atoms with Crippen molar-refractivity contribution in [2.24, 2.45) is 0 Å². The van der Waals surface area contributed by atoms with Crippen LogP contribution in [0.4, 0.5) is 0 Å². The third-order valence-corrected chi connectivity index (χ3v) is 20.8. The summed E-state index contributed by atoms with van der Waals surface area (Å²) in [6.07, 6.45) is 0. The topological polar surface area (TPSA) is 77.8 Å². The van der Waals surface area contributed by atoms with Crippen molar-refractivity contribution in [1.82, 2.24) is 0 Å². The second-order valence-corrected chi connectivity index (χ2v) is 29.9. The molecule has 0 fully saturated rings. The van der Waals surface area contributed by atoms with Gasteiger partial charge in [0.1, 0.15) is 0 Å². The molecule has 0 unspecified atom stereocenters. The zero-order chi connectivity index (χ0) is 29.4. The summed E-state index contributed by atoms with van der Waals surface area (Å²) in [7, 11) is -6.00. The number of phosphoric acid groups is 1. The molecule has 3 N–H and O–H groups in total. The van der Waals surface area contributed by atoms with E-state index in [2.05, 4.69) is 125 Å². The van der Waals surface area contributed by atoms with Gasteiger partial charge in [0, 0.05) is 26.4 Å². The molecule has 0 radical (unpaired) electrons. The minimum Gasteiger partial charge on any atom is -0.303 e. The average Bonchev–Trinajstić information content (AvgIpc) is 2.49. The highest BCUT2D eigenvalue weighted by Crippen LogP contribution is 2.30. The van der Waals surface area contributed by atoms with E-state index in [1.54, 1.807) is 0 Å². The smallest absolute Gasteiger partial charge is 0.303 e. The maximum absolute atomic E-state index is 8.88. The predicted octanol–water partition coefficient (Wildman–Crippen LogP) is 9.40. The zero-order valence-corrected chi connectivity index (χ0v) is 31.5. The van der Waals surface area contributed by atoms with Gasteiger partial charge in [-0.2, -0.15) is 0 Å². The Bertz CT molecular complexity index is 394. The van der Waals surface area contributed by atoms with E-state index in [0.717, 1.165) is 49.9 Å². The molecule has 0 spiro atoms. The Morgan fingerprint density at radius 2 is 0.400 bits per heavy atom. The lowest BCUT2D eigenvalue weighted by Crippen LogP contribution is -2.24. The predicted molar refractivity (Wildman–Crippen MR) is 172 cm³/mol. The molecule has 0 saturated carbocycles. The molecule has 8 heteroatoms. The molecule has 0 amide bonds. The lowest BCUT2D eigenvalue weighted by molar-refractivity contribution is 0.275. The molecule has 0 saturated heterocycles. The molecule has 0 aromatic rings. The summed E-state index contributed by atoms with van der Waals surface area (Å²) in [6.45, 7) is 42.9. The summed E-state index contributed by atoms with van der Waals surface area (Å²) in [6, 6.07) is 0. The minimum atomic E-state index is -4.64. The van der Waals surface area contributed by atoms with Crippen molar-refractivity contribution in [2.75, 3.05) is 0 Å². The first-order valence-electron chi connectivity index (χ1n) is 14.2. The maximum atomic E-state index is 8.88. The molecule has 0 aliphatic rings. The monoisotopic (exact) mass is 572 g/mol. The van der Waals surface area contributed by atoms with Gasteiger partial charge in [0.15, 0.2) is 0 Å². The van der Waals surface area contributed by atoms with Gasteiger partial charge in [-0.05, 0) is 0 Å². The molecule has 4 nitrogen and oxygen atoms in total. The highest BCUT2D eigenvalue weighted by molar-refractivity contribution is 7.45. The van der Waals surface area contributed by atoms with E-state index in [1.165, 1.54) is 0 Å². The quantitative estimate of drug-likeness (QED) is 0.190. The Morgan fingerprint density at radius 1 is 0.343 bits per heavy atom. The van der Waals surface area contributed by atoms with Crippen LogP contribution in [0.15, 0.2) is 0 Å². The van der Waals surface area contributed by atoms with Gasteiger partial charge < -0.3 is 14.7 Å². The molecule has 0 bridgehead atoms. The highest BCUT2D eigenvalue weighted by Gasteiger charge is 2.23. The van der Waals surface area contributed by atoms with E-state index < -0.39 is 34.2 Å². The third-order valence-electron chi connectivity index (χ3n) is 6.93. The van der Waals surface area contributed by atoms with Crippen LogP contribution in [0, 0.1) is 0 Å². The average molecular weight is 573 g/mol. The maximum Gasteiger partial charge on any atom is 0.466 e. The van der Waals surface area contributed by atoms with Crippen LogP contribution in [0.3, 0.4) is 0 Å². The summed E-state index contributed by atoms with van der Waals surface area (Å²) in [5, 5.41) is 0. The first kappa shape index (κ1) is 42.8. The van der Waals surface area contributed by atoms with Gasteiger partial charge in [0.25, 0.3) is 0 Å². The number of hydrogen-bond donors (Lipinski definition) is 3. The van der Waals surface area contributed by atoms with Crippen molar-refractivity contribution in [3.63, 3.8) is 0 Å². The molecule has 0 aliphatic heterocycles. The van der Waals surface area contributed by atoms with Crippen molar-refractivity contribution in [1.29, 1.82) is 0 Å². The Kier molecular flexibility index (Phi) is 26.5. The van der Waals surface area contributed by atoms with Gasteiger partial charge in [-0.15, -0.1) is 0 Å². The van der Waals surface area contributed by atoms with E-state index in [1.807, 2.05) is 0 Å². The van der Waals surface area contributed by atoms with Gasteiger partial charge in [0.2, 0.25) is 0 Å². The molecule has 0 aromatic heterocycles. The summed E-state index contributed by atoms with van der Waals surface area (Å²) in [5.41, 5.74) is 8.75. The number of hydrogen-bond acceptors (Lipinski definition) is 1. The van der Waals surface area contributed by atoms with Crippen LogP contribution in [0.25, 0.3) is 0 Å². The fourth-order valence-electron chi connectivity index (χ4n) is 6.93. The molecular formula is C27H69O4PSi3. The second-order valence-electron chi connectivity index (χ2n) is 13.4. The van der Waals surface area contributed by atoms with E-state index in [9.17, 15) is 0 Å². The van der Waals surface area contributed by atoms with Crippen molar-refractivity contribution in [3.05, 3.63) is 0 Å². The lowest BCUT2D eigenvalue weighted by atomic mass is 10.5. The number of rotatable bonds is 9. The van der Waals surface area contributed by atoms with Gasteiger partial charge in [-0.3, -0.25) is 0 Å². The van der Waals surface area contributed by atoms with Crippen LogP contribution in [0.2, 0.25) is 49.9 Å². The zero-order valence-electron chi connectivity index (χ0n) is 27.1. The SMILES string of the molecule is CC(C)[SiH](C(C)C)C(C)C.CC(C)[SiH](C(C)C)C(C)C.CC(C)[SiH](C(C)C)C(C)C.O=P(O)(O)O. The van der Waals surface area contributed by atoms with Crippen LogP contribution >= 0.6 is 7.82 Å². The van der Waals surface area contributed by atoms with E-state index >= 15 is 0 Å². The highest BCUT2D eigenvalue weighted by atomic mass is 31.2. The van der Waals surface area contributed by atoms with Crippen LogP contribution < -0.4 is 0 Å². The van der Waals surface area contributed by atoms with Crippen molar-refractivity contribution in [3.8, 4) is 0 Å². The first-order valence-corrected chi connectivity index (χ1v) is 21.7. The largest absolute Gasteiger partial charge is 0.466 e. The molecule has 0 aliphatic carbocycles. The minimum absolute atomic E-state index is 0.454. The van der Waals surface area contributed by atoms with E-state index in [-0.39, 0.29) is 0 Å². The summed E-state index contributed by atoms with van der Waals surface area (Å²) < 4.78 is 8.88. The fraction of sp³-hybridized carbons (Fsp3) is 1.00. The van der Waals surface area contributed by atoms with Crippen molar-refractivity contribution < 1.29 is 19.2 Å². The molecule has 35 heavy (non-hydrogen) atoms. The Balaban J connectivity index is -0.000000188. The van der Waals surface area contributed by atoms with Crippen molar-refractivity contribution >= 4 is 34.2 Å². The third kappa shape index (κ3) is 27.6. The van der Waals surface area contributed by atoms with Gasteiger partial charge in [-0.25, -0.2) is 4.57 Å². The summed E-state index contributed by atoms with van der Waals surface area (Å²) >= 11 is 0. The van der Waals surface area contributed by atoms with Gasteiger partial charge in [0.05, 0.1) is 0 Å². The molecule has 218 valence electrons. The normalized spacial score (nSPS) is 12.5. The van der Waals surface area contributed by atoms with Crippen LogP contribution in [-0.2, 0) is 4.57 Å². The fourth-order valence-corrected chi connectivity index (χ4v) is 20.8. The molecule has 0 atom stereocenters. The van der Waals surface area contributed by atoms with E-state index in [0.29, 0.717) is 0 Å². The Morgan fingerprint density at radius 3 is 0.400 bits per heavy atom. The first-order chi connectivity index (χ1) is 15.4. The second kappa shape index (κ2) is 21.7. The Hall–Kier alpha value is 0.761. The molecular weight excluding hydrogens is 504 g/mol. The lowest BCUT2D eigenvalue weighted by Gasteiger charge is -2.26. The van der Waals surface area contributed by atoms with Crippen LogP contribution in [-0.4, -0.2) is 41.1 Å².